The average Bonchev–Trinajstić information content (AvgIpc) is 3.25. The van der Waals surface area contributed by atoms with Gasteiger partial charge in [-0.05, 0) is 30.3 Å². The summed E-state index contributed by atoms with van der Waals surface area (Å²) in [5.41, 5.74) is 4.21. The number of thiazole rings is 1. The third kappa shape index (κ3) is 3.64. The number of rotatable bonds is 4. The van der Waals surface area contributed by atoms with Crippen molar-refractivity contribution in [2.75, 3.05) is 26.3 Å². The van der Waals surface area contributed by atoms with Gasteiger partial charge in [0.2, 0.25) is 5.88 Å². The lowest BCUT2D eigenvalue weighted by Crippen LogP contribution is -2.47. The molecule has 1 aliphatic heterocycles. The van der Waals surface area contributed by atoms with Crippen LogP contribution in [0.2, 0.25) is 0 Å². The van der Waals surface area contributed by atoms with E-state index in [-0.39, 0.29) is 12.0 Å². The van der Waals surface area contributed by atoms with Crippen LogP contribution in [0.15, 0.2) is 54.3 Å². The predicted octanol–water partition coefficient (Wildman–Crippen LogP) is 3.16. The minimum Gasteiger partial charge on any atom is -0.474 e. The van der Waals surface area contributed by atoms with Gasteiger partial charge in [-0.15, -0.1) is 11.3 Å². The molecule has 3 heterocycles. The molecule has 1 amide bonds. The summed E-state index contributed by atoms with van der Waals surface area (Å²) in [6, 6.07) is 13.3. The number of ether oxygens (including phenoxy) is 2. The monoisotopic (exact) mass is 406 g/mol. The molecule has 7 nitrogen and oxygen atoms in total. The highest BCUT2D eigenvalue weighted by Crippen LogP contribution is 2.22. The van der Waals surface area contributed by atoms with Crippen molar-refractivity contribution in [3.8, 4) is 5.88 Å². The summed E-state index contributed by atoms with van der Waals surface area (Å²) >= 11 is 1.53. The molecule has 0 bridgehead atoms. The fourth-order valence-corrected chi connectivity index (χ4v) is 4.16. The van der Waals surface area contributed by atoms with Crippen molar-refractivity contribution in [3.63, 3.8) is 0 Å². The number of carbonyl (C=O) groups excluding carboxylic acids is 1. The van der Waals surface area contributed by atoms with E-state index in [0.717, 1.165) is 21.1 Å². The van der Waals surface area contributed by atoms with Crippen LogP contribution in [0, 0.1) is 0 Å². The summed E-state index contributed by atoms with van der Waals surface area (Å²) in [5.74, 6) is 0.527. The molecule has 4 aromatic rings. The molecule has 0 aliphatic carbocycles. The Kier molecular flexibility index (Phi) is 4.79. The van der Waals surface area contributed by atoms with Gasteiger partial charge in [-0.2, -0.15) is 0 Å². The van der Waals surface area contributed by atoms with Crippen LogP contribution in [-0.2, 0) is 4.74 Å². The van der Waals surface area contributed by atoms with Crippen molar-refractivity contribution in [2.45, 2.75) is 6.10 Å². The highest BCUT2D eigenvalue weighted by Gasteiger charge is 2.26. The van der Waals surface area contributed by atoms with Gasteiger partial charge < -0.3 is 14.4 Å². The molecule has 1 atom stereocenters. The molecule has 1 unspecified atom stereocenters. The molecule has 0 radical (unpaired) electrons. The smallest absolute Gasteiger partial charge is 0.254 e. The lowest BCUT2D eigenvalue weighted by Gasteiger charge is -2.32. The number of para-hydroxylation sites is 1. The van der Waals surface area contributed by atoms with Gasteiger partial charge in [-0.25, -0.2) is 15.0 Å². The van der Waals surface area contributed by atoms with Gasteiger partial charge in [-0.1, -0.05) is 12.1 Å². The maximum Gasteiger partial charge on any atom is 0.254 e. The number of hydrogen-bond acceptors (Lipinski definition) is 7. The van der Waals surface area contributed by atoms with E-state index in [9.17, 15) is 4.79 Å². The number of morpholine rings is 1. The highest BCUT2D eigenvalue weighted by molar-refractivity contribution is 7.16. The normalized spacial score (nSPS) is 17.0. The lowest BCUT2D eigenvalue weighted by atomic mass is 10.1. The number of hydrogen-bond donors (Lipinski definition) is 0. The molecule has 29 heavy (non-hydrogen) atoms. The molecule has 1 fully saturated rings. The summed E-state index contributed by atoms with van der Waals surface area (Å²) in [6.45, 7) is 1.83. The number of amides is 1. The van der Waals surface area contributed by atoms with Gasteiger partial charge in [0.15, 0.2) is 0 Å². The zero-order valence-corrected chi connectivity index (χ0v) is 16.3. The van der Waals surface area contributed by atoms with Crippen LogP contribution >= 0.6 is 11.3 Å². The van der Waals surface area contributed by atoms with E-state index in [1.807, 2.05) is 47.4 Å². The molecule has 0 spiro atoms. The standard InChI is InChI=1S/C21H18N4O3S/c26-21(14-5-6-18-19(9-14)29-13-24-18)25-7-8-27-15(10-25)11-28-20-16-3-1-2-4-17(16)22-12-23-20/h1-6,9,12-13,15H,7-8,10-11H2. The molecule has 8 heteroatoms. The van der Waals surface area contributed by atoms with E-state index in [2.05, 4.69) is 15.0 Å². The van der Waals surface area contributed by atoms with Gasteiger partial charge in [0.05, 0.1) is 39.8 Å². The van der Waals surface area contributed by atoms with Gasteiger partial charge in [0, 0.05) is 12.1 Å². The zero-order valence-electron chi connectivity index (χ0n) is 15.5. The van der Waals surface area contributed by atoms with Gasteiger partial charge in [0.1, 0.15) is 19.0 Å². The Morgan fingerprint density at radius 1 is 1.17 bits per heavy atom. The lowest BCUT2D eigenvalue weighted by molar-refractivity contribution is -0.0404. The third-order valence-electron chi connectivity index (χ3n) is 4.92. The Morgan fingerprint density at radius 2 is 2.10 bits per heavy atom. The van der Waals surface area contributed by atoms with Crippen molar-refractivity contribution >= 4 is 38.4 Å². The summed E-state index contributed by atoms with van der Waals surface area (Å²) in [4.78, 5) is 27.5. The summed E-state index contributed by atoms with van der Waals surface area (Å²) < 4.78 is 12.7. The molecule has 2 aromatic carbocycles. The number of nitrogens with zero attached hydrogens (tertiary/aromatic N) is 4. The van der Waals surface area contributed by atoms with Gasteiger partial charge >= 0.3 is 0 Å². The number of fused-ring (bicyclic) bond motifs is 2. The zero-order chi connectivity index (χ0) is 19.6. The molecule has 0 saturated carbocycles. The molecule has 1 aliphatic rings. The largest absolute Gasteiger partial charge is 0.474 e. The third-order valence-corrected chi connectivity index (χ3v) is 5.71. The molecule has 0 N–H and O–H groups in total. The van der Waals surface area contributed by atoms with Crippen LogP contribution in [-0.4, -0.2) is 58.2 Å². The second kappa shape index (κ2) is 7.73. The van der Waals surface area contributed by atoms with Gasteiger partial charge in [0.25, 0.3) is 5.91 Å². The first-order valence-electron chi connectivity index (χ1n) is 9.34. The molecule has 1 saturated heterocycles. The second-order valence-corrected chi connectivity index (χ2v) is 7.67. The second-order valence-electron chi connectivity index (χ2n) is 6.79. The molecule has 2 aromatic heterocycles. The van der Waals surface area contributed by atoms with Crippen molar-refractivity contribution in [1.82, 2.24) is 19.9 Å². The molecular formula is C21H18N4O3S. The van der Waals surface area contributed by atoms with E-state index in [1.165, 1.54) is 17.7 Å². The van der Waals surface area contributed by atoms with Crippen LogP contribution < -0.4 is 4.74 Å². The summed E-state index contributed by atoms with van der Waals surface area (Å²) in [6.07, 6.45) is 1.28. The Bertz CT molecular complexity index is 1170. The molecule has 5 rings (SSSR count). The van der Waals surface area contributed by atoms with E-state index in [1.54, 1.807) is 5.51 Å². The summed E-state index contributed by atoms with van der Waals surface area (Å²) in [5, 5.41) is 0.858. The number of carbonyl (C=O) groups is 1. The van der Waals surface area contributed by atoms with Crippen molar-refractivity contribution < 1.29 is 14.3 Å². The van der Waals surface area contributed by atoms with E-state index < -0.39 is 0 Å². The molecular weight excluding hydrogens is 388 g/mol. The number of aromatic nitrogens is 3. The van der Waals surface area contributed by atoms with Crippen LogP contribution in [0.1, 0.15) is 10.4 Å². The Labute approximate surface area is 170 Å². The molecule has 146 valence electrons. The van der Waals surface area contributed by atoms with E-state index >= 15 is 0 Å². The average molecular weight is 406 g/mol. The fourth-order valence-electron chi connectivity index (χ4n) is 3.44. The van der Waals surface area contributed by atoms with Crippen LogP contribution in [0.3, 0.4) is 0 Å². The quantitative estimate of drug-likeness (QED) is 0.518. The maximum atomic E-state index is 13.0. The minimum absolute atomic E-state index is 0.00101. The first-order chi connectivity index (χ1) is 14.3. The fraction of sp³-hybridized carbons (Fsp3) is 0.238. The van der Waals surface area contributed by atoms with Crippen molar-refractivity contribution in [2.24, 2.45) is 0 Å². The van der Waals surface area contributed by atoms with Crippen LogP contribution in [0.4, 0.5) is 0 Å². The Morgan fingerprint density at radius 3 is 3.07 bits per heavy atom. The first-order valence-corrected chi connectivity index (χ1v) is 10.2. The predicted molar refractivity (Wildman–Crippen MR) is 110 cm³/mol. The van der Waals surface area contributed by atoms with E-state index in [4.69, 9.17) is 9.47 Å². The Balaban J connectivity index is 1.27. The minimum atomic E-state index is -0.214. The maximum absolute atomic E-state index is 13.0. The highest BCUT2D eigenvalue weighted by atomic mass is 32.1. The SMILES string of the molecule is O=C(c1ccc2ncsc2c1)N1CCOC(COc2ncnc3ccccc23)C1. The van der Waals surface area contributed by atoms with E-state index in [0.29, 0.717) is 37.7 Å². The van der Waals surface area contributed by atoms with Crippen LogP contribution in [0.5, 0.6) is 5.88 Å². The van der Waals surface area contributed by atoms with Crippen molar-refractivity contribution in [3.05, 3.63) is 59.9 Å². The number of benzene rings is 2. The first kappa shape index (κ1) is 18.0. The van der Waals surface area contributed by atoms with Crippen LogP contribution in [0.25, 0.3) is 21.1 Å². The van der Waals surface area contributed by atoms with Crippen molar-refractivity contribution in [1.29, 1.82) is 0 Å². The Hall–Kier alpha value is -3.10. The van der Waals surface area contributed by atoms with Gasteiger partial charge in [-0.3, -0.25) is 4.79 Å². The topological polar surface area (TPSA) is 77.4 Å². The summed E-state index contributed by atoms with van der Waals surface area (Å²) in [7, 11) is 0.